The Morgan fingerprint density at radius 1 is 1.21 bits per heavy atom. The minimum atomic E-state index is -1.19. The highest BCUT2D eigenvalue weighted by atomic mass is 79.9. The predicted molar refractivity (Wildman–Crippen MR) is 75.5 cm³/mol. The van der Waals surface area contributed by atoms with Crippen LogP contribution in [0.3, 0.4) is 0 Å². The first-order valence-corrected chi connectivity index (χ1v) is 6.54. The van der Waals surface area contributed by atoms with E-state index in [0.29, 0.717) is 17.9 Å². The normalized spacial score (nSPS) is 11.6. The number of halogens is 1. The lowest BCUT2D eigenvalue weighted by Crippen LogP contribution is -2.01. The van der Waals surface area contributed by atoms with Gasteiger partial charge in [-0.25, -0.2) is 0 Å². The van der Waals surface area contributed by atoms with Gasteiger partial charge in [-0.05, 0) is 23.8 Å². The van der Waals surface area contributed by atoms with Crippen LogP contribution in [-0.2, 0) is 6.61 Å². The van der Waals surface area contributed by atoms with Crippen LogP contribution in [0.15, 0.2) is 53.0 Å². The fourth-order valence-corrected chi connectivity index (χ4v) is 2.05. The standard InChI is InChI=1S/C15H12BrNO2/c16-12-6-7-15(13(8-12)14(18)9-17)19-10-11-4-2-1-3-5-11/h1-8,14,18H,10H2. The molecule has 0 saturated carbocycles. The molecule has 1 atom stereocenters. The van der Waals surface area contributed by atoms with E-state index in [2.05, 4.69) is 15.9 Å². The van der Waals surface area contributed by atoms with Crippen molar-refractivity contribution in [1.29, 1.82) is 5.26 Å². The Bertz CT molecular complexity index is 593. The molecule has 1 unspecified atom stereocenters. The summed E-state index contributed by atoms with van der Waals surface area (Å²) >= 11 is 3.31. The van der Waals surface area contributed by atoms with Gasteiger partial charge in [-0.2, -0.15) is 5.26 Å². The second-order valence-electron chi connectivity index (χ2n) is 3.99. The molecule has 0 saturated heterocycles. The first-order chi connectivity index (χ1) is 9.20. The number of nitriles is 1. The Hall–Kier alpha value is -1.83. The lowest BCUT2D eigenvalue weighted by Gasteiger charge is -2.12. The van der Waals surface area contributed by atoms with Gasteiger partial charge in [0.25, 0.3) is 0 Å². The molecule has 0 aromatic heterocycles. The zero-order valence-corrected chi connectivity index (χ0v) is 11.7. The number of nitrogens with zero attached hydrogens (tertiary/aromatic N) is 1. The third-order valence-electron chi connectivity index (χ3n) is 2.63. The van der Waals surface area contributed by atoms with E-state index in [4.69, 9.17) is 10.00 Å². The molecule has 96 valence electrons. The molecule has 2 aromatic carbocycles. The van der Waals surface area contributed by atoms with Gasteiger partial charge in [-0.15, -0.1) is 0 Å². The monoisotopic (exact) mass is 317 g/mol. The van der Waals surface area contributed by atoms with Gasteiger partial charge in [-0.1, -0.05) is 46.3 Å². The molecule has 0 fully saturated rings. The summed E-state index contributed by atoms with van der Waals surface area (Å²) in [6.07, 6.45) is -1.19. The summed E-state index contributed by atoms with van der Waals surface area (Å²) in [6.45, 7) is 0.396. The SMILES string of the molecule is N#CC(O)c1cc(Br)ccc1OCc1ccccc1. The molecule has 1 N–H and O–H groups in total. The molecule has 0 bridgehead atoms. The van der Waals surface area contributed by atoms with E-state index in [0.717, 1.165) is 10.0 Å². The van der Waals surface area contributed by atoms with Crippen molar-refractivity contribution in [3.63, 3.8) is 0 Å². The van der Waals surface area contributed by atoms with E-state index in [1.54, 1.807) is 18.2 Å². The molecule has 4 heteroatoms. The Morgan fingerprint density at radius 3 is 2.63 bits per heavy atom. The molecule has 2 aromatic rings. The summed E-state index contributed by atoms with van der Waals surface area (Å²) in [6, 6.07) is 16.8. The van der Waals surface area contributed by atoms with E-state index in [1.165, 1.54) is 0 Å². The van der Waals surface area contributed by atoms with Crippen LogP contribution < -0.4 is 4.74 Å². The summed E-state index contributed by atoms with van der Waals surface area (Å²) < 4.78 is 6.46. The summed E-state index contributed by atoms with van der Waals surface area (Å²) in [5.41, 5.74) is 1.50. The largest absolute Gasteiger partial charge is 0.488 e. The highest BCUT2D eigenvalue weighted by Crippen LogP contribution is 2.29. The average Bonchev–Trinajstić information content (AvgIpc) is 2.46. The van der Waals surface area contributed by atoms with Crippen molar-refractivity contribution >= 4 is 15.9 Å². The third-order valence-corrected chi connectivity index (χ3v) is 3.12. The summed E-state index contributed by atoms with van der Waals surface area (Å²) in [5, 5.41) is 18.5. The zero-order valence-electron chi connectivity index (χ0n) is 10.1. The van der Waals surface area contributed by atoms with Crippen molar-refractivity contribution in [2.24, 2.45) is 0 Å². The van der Waals surface area contributed by atoms with Gasteiger partial charge in [-0.3, -0.25) is 0 Å². The van der Waals surface area contributed by atoms with Crippen LogP contribution in [0.5, 0.6) is 5.75 Å². The van der Waals surface area contributed by atoms with E-state index >= 15 is 0 Å². The van der Waals surface area contributed by atoms with Crippen molar-refractivity contribution in [3.8, 4) is 11.8 Å². The second kappa shape index (κ2) is 6.37. The van der Waals surface area contributed by atoms with Gasteiger partial charge in [0.05, 0.1) is 6.07 Å². The van der Waals surface area contributed by atoms with E-state index < -0.39 is 6.10 Å². The van der Waals surface area contributed by atoms with Crippen molar-refractivity contribution in [2.75, 3.05) is 0 Å². The number of hydrogen-bond donors (Lipinski definition) is 1. The number of hydrogen-bond acceptors (Lipinski definition) is 3. The van der Waals surface area contributed by atoms with Crippen LogP contribution in [0.1, 0.15) is 17.2 Å². The molecule has 0 aliphatic carbocycles. The predicted octanol–water partition coefficient (Wildman–Crippen LogP) is 3.59. The van der Waals surface area contributed by atoms with Crippen LogP contribution in [0.4, 0.5) is 0 Å². The molecular weight excluding hydrogens is 306 g/mol. The quantitative estimate of drug-likeness (QED) is 0.877. The van der Waals surface area contributed by atoms with Crippen LogP contribution in [-0.4, -0.2) is 5.11 Å². The Labute approximate surface area is 120 Å². The third kappa shape index (κ3) is 3.57. The molecule has 0 heterocycles. The molecule has 0 amide bonds. The van der Waals surface area contributed by atoms with Crippen molar-refractivity contribution in [2.45, 2.75) is 12.7 Å². The van der Waals surface area contributed by atoms with Crippen molar-refractivity contribution in [3.05, 3.63) is 64.1 Å². The topological polar surface area (TPSA) is 53.2 Å². The van der Waals surface area contributed by atoms with E-state index in [9.17, 15) is 5.11 Å². The van der Waals surface area contributed by atoms with Gasteiger partial charge < -0.3 is 9.84 Å². The number of ether oxygens (including phenoxy) is 1. The molecular formula is C15H12BrNO2. The van der Waals surface area contributed by atoms with Crippen molar-refractivity contribution < 1.29 is 9.84 Å². The molecule has 2 rings (SSSR count). The maximum atomic E-state index is 9.67. The summed E-state index contributed by atoms with van der Waals surface area (Å²) in [7, 11) is 0. The minimum absolute atomic E-state index is 0.396. The number of benzene rings is 2. The molecule has 0 radical (unpaired) electrons. The lowest BCUT2D eigenvalue weighted by atomic mass is 10.1. The van der Waals surface area contributed by atoms with Gasteiger partial charge in [0.15, 0.2) is 6.10 Å². The van der Waals surface area contributed by atoms with Crippen molar-refractivity contribution in [1.82, 2.24) is 0 Å². The van der Waals surface area contributed by atoms with Gasteiger partial charge in [0, 0.05) is 10.0 Å². The fourth-order valence-electron chi connectivity index (χ4n) is 1.67. The minimum Gasteiger partial charge on any atom is -0.488 e. The molecule has 0 aliphatic heterocycles. The van der Waals surface area contributed by atoms with Gasteiger partial charge in [0.2, 0.25) is 0 Å². The van der Waals surface area contributed by atoms with Crippen LogP contribution >= 0.6 is 15.9 Å². The summed E-state index contributed by atoms with van der Waals surface area (Å²) in [5.74, 6) is 0.515. The Balaban J connectivity index is 2.18. The summed E-state index contributed by atoms with van der Waals surface area (Å²) in [4.78, 5) is 0. The molecule has 19 heavy (non-hydrogen) atoms. The van der Waals surface area contributed by atoms with Gasteiger partial charge in [0.1, 0.15) is 12.4 Å². The maximum absolute atomic E-state index is 9.67. The highest BCUT2D eigenvalue weighted by Gasteiger charge is 2.13. The fraction of sp³-hybridized carbons (Fsp3) is 0.133. The number of aliphatic hydroxyl groups is 1. The average molecular weight is 318 g/mol. The highest BCUT2D eigenvalue weighted by molar-refractivity contribution is 9.10. The molecule has 0 aliphatic rings. The maximum Gasteiger partial charge on any atom is 0.169 e. The smallest absolute Gasteiger partial charge is 0.169 e. The first kappa shape index (κ1) is 13.6. The zero-order chi connectivity index (χ0) is 13.7. The van der Waals surface area contributed by atoms with Crippen LogP contribution in [0.2, 0.25) is 0 Å². The van der Waals surface area contributed by atoms with Crippen LogP contribution in [0, 0.1) is 11.3 Å². The van der Waals surface area contributed by atoms with Gasteiger partial charge >= 0.3 is 0 Å². The van der Waals surface area contributed by atoms with E-state index in [-0.39, 0.29) is 0 Å². The number of rotatable bonds is 4. The molecule has 3 nitrogen and oxygen atoms in total. The molecule has 0 spiro atoms. The first-order valence-electron chi connectivity index (χ1n) is 5.74. The Kier molecular flexibility index (Phi) is 4.56. The van der Waals surface area contributed by atoms with Crippen LogP contribution in [0.25, 0.3) is 0 Å². The lowest BCUT2D eigenvalue weighted by molar-refractivity contribution is 0.223. The Morgan fingerprint density at radius 2 is 1.95 bits per heavy atom. The second-order valence-corrected chi connectivity index (χ2v) is 4.90. The van der Waals surface area contributed by atoms with E-state index in [1.807, 2.05) is 36.4 Å². The number of aliphatic hydroxyl groups excluding tert-OH is 1.